The van der Waals surface area contributed by atoms with Crippen LogP contribution < -0.4 is 0 Å². The fourth-order valence-electron chi connectivity index (χ4n) is 3.91. The first-order valence-electron chi connectivity index (χ1n) is 10.3. The molecule has 1 aliphatic heterocycles. The normalized spacial score (nSPS) is 18.4. The van der Waals surface area contributed by atoms with E-state index in [1.54, 1.807) is 36.4 Å². The van der Waals surface area contributed by atoms with Crippen LogP contribution in [0.3, 0.4) is 0 Å². The summed E-state index contributed by atoms with van der Waals surface area (Å²) < 4.78 is 0. The molecule has 1 aliphatic rings. The molecular formula is C24H28N2O4. The maximum Gasteiger partial charge on any atom is 0.295 e. The molecule has 0 bridgehead atoms. The largest absolute Gasteiger partial charge is 0.508 e. The lowest BCUT2D eigenvalue weighted by Gasteiger charge is -2.26. The van der Waals surface area contributed by atoms with Crippen LogP contribution in [0.15, 0.2) is 60.2 Å². The first-order chi connectivity index (χ1) is 14.5. The van der Waals surface area contributed by atoms with Gasteiger partial charge in [-0.2, -0.15) is 0 Å². The van der Waals surface area contributed by atoms with Crippen molar-refractivity contribution in [3.63, 3.8) is 0 Å². The van der Waals surface area contributed by atoms with Crippen molar-refractivity contribution < 1.29 is 19.8 Å². The molecule has 2 aromatic carbocycles. The second-order valence-electron chi connectivity index (χ2n) is 7.33. The van der Waals surface area contributed by atoms with E-state index in [0.717, 1.165) is 19.6 Å². The molecule has 2 aromatic rings. The molecule has 1 unspecified atom stereocenters. The van der Waals surface area contributed by atoms with Crippen LogP contribution in [0.4, 0.5) is 0 Å². The quantitative estimate of drug-likeness (QED) is 0.397. The highest BCUT2D eigenvalue weighted by Gasteiger charge is 2.45. The molecule has 30 heavy (non-hydrogen) atoms. The van der Waals surface area contributed by atoms with Gasteiger partial charge in [-0.15, -0.1) is 0 Å². The summed E-state index contributed by atoms with van der Waals surface area (Å²) >= 11 is 0. The van der Waals surface area contributed by atoms with E-state index in [-0.39, 0.29) is 17.1 Å². The minimum absolute atomic E-state index is 0.0425. The maximum atomic E-state index is 12.9. The van der Waals surface area contributed by atoms with Crippen molar-refractivity contribution in [2.24, 2.45) is 0 Å². The van der Waals surface area contributed by atoms with E-state index in [9.17, 15) is 19.8 Å². The van der Waals surface area contributed by atoms with Gasteiger partial charge in [-0.3, -0.25) is 9.59 Å². The number of phenolic OH excluding ortho intramolecular Hbond substituents is 1. The SMILES string of the molecule is CCN(CC)CCCN1C(=O)C(=O)/C(=C(/O)c2ccccc2)C1c1cccc(O)c1. The van der Waals surface area contributed by atoms with Crippen molar-refractivity contribution in [2.45, 2.75) is 26.3 Å². The van der Waals surface area contributed by atoms with Gasteiger partial charge in [0.15, 0.2) is 0 Å². The van der Waals surface area contributed by atoms with Gasteiger partial charge in [0.05, 0.1) is 11.6 Å². The van der Waals surface area contributed by atoms with E-state index in [4.69, 9.17) is 0 Å². The number of carbonyl (C=O) groups is 2. The summed E-state index contributed by atoms with van der Waals surface area (Å²) in [6.45, 7) is 7.19. The van der Waals surface area contributed by atoms with Crippen LogP contribution in [0.1, 0.15) is 37.4 Å². The molecule has 2 N–H and O–H groups in total. The third-order valence-corrected chi connectivity index (χ3v) is 5.54. The second-order valence-corrected chi connectivity index (χ2v) is 7.33. The predicted molar refractivity (Wildman–Crippen MR) is 116 cm³/mol. The number of phenols is 1. The zero-order valence-electron chi connectivity index (χ0n) is 17.4. The number of rotatable bonds is 8. The Hall–Kier alpha value is -3.12. The van der Waals surface area contributed by atoms with Gasteiger partial charge < -0.3 is 20.0 Å². The molecule has 0 saturated carbocycles. The summed E-state index contributed by atoms with van der Waals surface area (Å²) in [5.41, 5.74) is 1.12. The molecule has 3 rings (SSSR count). The standard InChI is InChI=1S/C24H28N2O4/c1-3-25(4-2)14-9-15-26-21(18-12-8-13-19(27)16-18)20(23(29)24(26)30)22(28)17-10-6-5-7-11-17/h5-8,10-13,16,21,27-28H,3-4,9,14-15H2,1-2H3/b22-20+. The number of ketones is 1. The van der Waals surface area contributed by atoms with Gasteiger partial charge in [0.25, 0.3) is 11.7 Å². The number of benzene rings is 2. The summed E-state index contributed by atoms with van der Waals surface area (Å²) in [6, 6.07) is 14.5. The van der Waals surface area contributed by atoms with Crippen LogP contribution in [0.2, 0.25) is 0 Å². The highest BCUT2D eigenvalue weighted by atomic mass is 16.3. The summed E-state index contributed by atoms with van der Waals surface area (Å²) in [5, 5.41) is 20.9. The molecule has 0 spiro atoms. The lowest BCUT2D eigenvalue weighted by atomic mass is 9.95. The fraction of sp³-hybridized carbons (Fsp3) is 0.333. The first-order valence-corrected chi connectivity index (χ1v) is 10.3. The van der Waals surface area contributed by atoms with Crippen molar-refractivity contribution in [3.05, 3.63) is 71.3 Å². The Morgan fingerprint density at radius 1 is 1.03 bits per heavy atom. The van der Waals surface area contributed by atoms with E-state index >= 15 is 0 Å². The van der Waals surface area contributed by atoms with Gasteiger partial charge in [0.2, 0.25) is 0 Å². The molecule has 1 amide bonds. The van der Waals surface area contributed by atoms with Gasteiger partial charge in [0, 0.05) is 12.1 Å². The van der Waals surface area contributed by atoms with Crippen LogP contribution in [0, 0.1) is 0 Å². The summed E-state index contributed by atoms with van der Waals surface area (Å²) in [6.07, 6.45) is 0.704. The molecule has 0 radical (unpaired) electrons. The highest BCUT2D eigenvalue weighted by molar-refractivity contribution is 6.46. The molecule has 1 fully saturated rings. The van der Waals surface area contributed by atoms with Crippen LogP contribution in [-0.4, -0.2) is 57.9 Å². The number of aliphatic hydroxyl groups excluding tert-OH is 1. The average Bonchev–Trinajstić information content (AvgIpc) is 3.02. The topological polar surface area (TPSA) is 81.1 Å². The van der Waals surface area contributed by atoms with Gasteiger partial charge in [-0.25, -0.2) is 0 Å². The number of hydrogen-bond donors (Lipinski definition) is 2. The van der Waals surface area contributed by atoms with Crippen LogP contribution in [-0.2, 0) is 9.59 Å². The molecule has 0 aliphatic carbocycles. The third-order valence-electron chi connectivity index (χ3n) is 5.54. The molecule has 1 heterocycles. The van der Waals surface area contributed by atoms with E-state index < -0.39 is 17.7 Å². The zero-order valence-corrected chi connectivity index (χ0v) is 17.4. The van der Waals surface area contributed by atoms with Crippen LogP contribution >= 0.6 is 0 Å². The number of nitrogens with zero attached hydrogens (tertiary/aromatic N) is 2. The third kappa shape index (κ3) is 4.39. The average molecular weight is 408 g/mol. The van der Waals surface area contributed by atoms with Gasteiger partial charge in [0.1, 0.15) is 11.5 Å². The zero-order chi connectivity index (χ0) is 21.7. The van der Waals surface area contributed by atoms with Gasteiger partial charge in [-0.1, -0.05) is 56.3 Å². The lowest BCUT2D eigenvalue weighted by molar-refractivity contribution is -0.140. The van der Waals surface area contributed by atoms with E-state index in [2.05, 4.69) is 18.7 Å². The summed E-state index contributed by atoms with van der Waals surface area (Å²) in [7, 11) is 0. The number of carbonyl (C=O) groups excluding carboxylic acids is 2. The Labute approximate surface area is 177 Å². The molecule has 0 aromatic heterocycles. The Balaban J connectivity index is 2.01. The number of amides is 1. The number of aliphatic hydroxyl groups is 1. The number of likely N-dealkylation sites (tertiary alicyclic amines) is 1. The monoisotopic (exact) mass is 408 g/mol. The molecule has 6 heteroatoms. The minimum Gasteiger partial charge on any atom is -0.508 e. The first kappa shape index (κ1) is 21.6. The van der Waals surface area contributed by atoms with Crippen LogP contribution in [0.5, 0.6) is 5.75 Å². The van der Waals surface area contributed by atoms with Gasteiger partial charge in [-0.05, 0) is 43.8 Å². The molecule has 1 saturated heterocycles. The minimum atomic E-state index is -0.742. The Morgan fingerprint density at radius 2 is 1.73 bits per heavy atom. The highest BCUT2D eigenvalue weighted by Crippen LogP contribution is 2.40. The number of aromatic hydroxyl groups is 1. The summed E-state index contributed by atoms with van der Waals surface area (Å²) in [4.78, 5) is 29.6. The van der Waals surface area contributed by atoms with Crippen molar-refractivity contribution in [2.75, 3.05) is 26.2 Å². The molecule has 1 atom stereocenters. The number of Topliss-reactive ketones (excluding diaryl/α,β-unsaturated/α-hetero) is 1. The molecular weight excluding hydrogens is 380 g/mol. The second kappa shape index (κ2) is 9.59. The maximum absolute atomic E-state index is 12.9. The van der Waals surface area contributed by atoms with E-state index in [1.165, 1.54) is 17.0 Å². The lowest BCUT2D eigenvalue weighted by Crippen LogP contribution is -2.33. The Bertz CT molecular complexity index is 935. The summed E-state index contributed by atoms with van der Waals surface area (Å²) in [5.74, 6) is -1.48. The van der Waals surface area contributed by atoms with Crippen molar-refractivity contribution in [3.8, 4) is 5.75 Å². The molecule has 6 nitrogen and oxygen atoms in total. The van der Waals surface area contributed by atoms with Crippen molar-refractivity contribution in [1.82, 2.24) is 9.80 Å². The van der Waals surface area contributed by atoms with E-state index in [1.807, 2.05) is 6.07 Å². The van der Waals surface area contributed by atoms with Crippen LogP contribution in [0.25, 0.3) is 5.76 Å². The smallest absolute Gasteiger partial charge is 0.295 e. The number of hydrogen-bond acceptors (Lipinski definition) is 5. The Kier molecular flexibility index (Phi) is 6.90. The Morgan fingerprint density at radius 3 is 2.37 bits per heavy atom. The molecule has 158 valence electrons. The van der Waals surface area contributed by atoms with Crippen molar-refractivity contribution >= 4 is 17.4 Å². The van der Waals surface area contributed by atoms with Gasteiger partial charge >= 0.3 is 0 Å². The van der Waals surface area contributed by atoms with E-state index in [0.29, 0.717) is 24.1 Å². The predicted octanol–water partition coefficient (Wildman–Crippen LogP) is 3.55. The fourth-order valence-corrected chi connectivity index (χ4v) is 3.91. The van der Waals surface area contributed by atoms with Crippen molar-refractivity contribution in [1.29, 1.82) is 0 Å².